The predicted octanol–water partition coefficient (Wildman–Crippen LogP) is 2.57. The average Bonchev–Trinajstić information content (AvgIpc) is 2.78. The van der Waals surface area contributed by atoms with Crippen LogP contribution in [0.15, 0.2) is 71.0 Å². The van der Waals surface area contributed by atoms with Crippen molar-refractivity contribution >= 4 is 35.4 Å². The molecule has 0 radical (unpaired) electrons. The minimum Gasteiger partial charge on any atom is -0.483 e. The standard InChI is InChI=1S/C23H24N4O4S/c1-3-30-22(29)20-15(2)25-23(32)26-21(20)17-11-7-8-12-18(17)31-14-19(28)27-24-13-16-9-5-4-6-10-16/h4-13,21H,3,14H2,1-2H3,(H,27,28)(H2,25,26,32)/t21-/m0/s1. The largest absolute Gasteiger partial charge is 0.483 e. The van der Waals surface area contributed by atoms with Crippen LogP contribution in [0.4, 0.5) is 0 Å². The Morgan fingerprint density at radius 2 is 1.88 bits per heavy atom. The van der Waals surface area contributed by atoms with Crippen molar-refractivity contribution in [3.05, 3.63) is 77.0 Å². The van der Waals surface area contributed by atoms with E-state index in [-0.39, 0.29) is 13.2 Å². The van der Waals surface area contributed by atoms with Gasteiger partial charge in [0.1, 0.15) is 5.75 Å². The quantitative estimate of drug-likeness (QED) is 0.245. The summed E-state index contributed by atoms with van der Waals surface area (Å²) in [5.74, 6) is -0.440. The Morgan fingerprint density at radius 3 is 2.62 bits per heavy atom. The van der Waals surface area contributed by atoms with Gasteiger partial charge in [-0.25, -0.2) is 10.2 Å². The lowest BCUT2D eigenvalue weighted by molar-refractivity contribution is -0.139. The Morgan fingerprint density at radius 1 is 1.16 bits per heavy atom. The predicted molar refractivity (Wildman–Crippen MR) is 125 cm³/mol. The van der Waals surface area contributed by atoms with Gasteiger partial charge in [-0.05, 0) is 37.7 Å². The molecule has 2 aromatic rings. The van der Waals surface area contributed by atoms with Gasteiger partial charge in [-0.1, -0.05) is 48.5 Å². The van der Waals surface area contributed by atoms with Gasteiger partial charge in [0.15, 0.2) is 11.7 Å². The highest BCUT2D eigenvalue weighted by molar-refractivity contribution is 7.80. The molecule has 0 aromatic heterocycles. The Kier molecular flexibility index (Phi) is 7.93. The molecular formula is C23H24N4O4S. The number of nitrogens with one attached hydrogen (secondary N) is 3. The zero-order valence-electron chi connectivity index (χ0n) is 17.8. The number of carbonyl (C=O) groups is 2. The second-order valence-corrected chi connectivity index (χ2v) is 7.23. The molecule has 0 bridgehead atoms. The van der Waals surface area contributed by atoms with Crippen LogP contribution in [0.5, 0.6) is 5.75 Å². The highest BCUT2D eigenvalue weighted by Gasteiger charge is 2.32. The zero-order chi connectivity index (χ0) is 22.9. The number of esters is 1. The van der Waals surface area contributed by atoms with Crippen molar-refractivity contribution < 1.29 is 19.1 Å². The minimum absolute atomic E-state index is 0.245. The van der Waals surface area contributed by atoms with Gasteiger partial charge >= 0.3 is 5.97 Å². The Balaban J connectivity index is 1.73. The molecule has 1 amide bonds. The van der Waals surface area contributed by atoms with Crippen molar-refractivity contribution in [3.63, 3.8) is 0 Å². The van der Waals surface area contributed by atoms with Crippen LogP contribution in [0, 0.1) is 0 Å². The van der Waals surface area contributed by atoms with Gasteiger partial charge in [-0.2, -0.15) is 5.10 Å². The number of amides is 1. The number of hydrazone groups is 1. The molecule has 3 rings (SSSR count). The van der Waals surface area contributed by atoms with Crippen molar-refractivity contribution in [1.82, 2.24) is 16.1 Å². The second-order valence-electron chi connectivity index (χ2n) is 6.82. The first-order chi connectivity index (χ1) is 15.5. The molecular weight excluding hydrogens is 428 g/mol. The monoisotopic (exact) mass is 452 g/mol. The van der Waals surface area contributed by atoms with Crippen LogP contribution in [0.1, 0.15) is 31.0 Å². The molecule has 3 N–H and O–H groups in total. The van der Waals surface area contributed by atoms with Gasteiger partial charge in [-0.15, -0.1) is 0 Å². The van der Waals surface area contributed by atoms with Crippen molar-refractivity contribution in [3.8, 4) is 5.75 Å². The Bertz CT molecular complexity index is 1050. The van der Waals surface area contributed by atoms with Crippen LogP contribution in [0.3, 0.4) is 0 Å². The number of rotatable bonds is 8. The van der Waals surface area contributed by atoms with Crippen molar-refractivity contribution in [2.24, 2.45) is 5.10 Å². The third-order valence-electron chi connectivity index (χ3n) is 4.56. The fourth-order valence-electron chi connectivity index (χ4n) is 3.15. The van der Waals surface area contributed by atoms with Gasteiger partial charge in [0.2, 0.25) is 0 Å². The number of para-hydroxylation sites is 1. The summed E-state index contributed by atoms with van der Waals surface area (Å²) in [6, 6.07) is 15.9. The molecule has 0 spiro atoms. The molecule has 1 aliphatic heterocycles. The van der Waals surface area contributed by atoms with Crippen molar-refractivity contribution in [2.75, 3.05) is 13.2 Å². The van der Waals surface area contributed by atoms with Crippen molar-refractivity contribution in [2.45, 2.75) is 19.9 Å². The maximum absolute atomic E-state index is 12.6. The summed E-state index contributed by atoms with van der Waals surface area (Å²) in [6.45, 7) is 3.49. The van der Waals surface area contributed by atoms with Crippen LogP contribution >= 0.6 is 12.2 Å². The molecule has 8 nitrogen and oxygen atoms in total. The van der Waals surface area contributed by atoms with Crippen LogP contribution in [-0.2, 0) is 14.3 Å². The van der Waals surface area contributed by atoms with E-state index in [2.05, 4.69) is 21.2 Å². The Hall–Kier alpha value is -3.72. The van der Waals surface area contributed by atoms with E-state index in [1.54, 1.807) is 38.3 Å². The molecule has 0 fully saturated rings. The van der Waals surface area contributed by atoms with Crippen LogP contribution < -0.4 is 20.8 Å². The molecule has 166 valence electrons. The van der Waals surface area contributed by atoms with E-state index in [0.29, 0.717) is 27.7 Å². The van der Waals surface area contributed by atoms with E-state index in [4.69, 9.17) is 21.7 Å². The zero-order valence-corrected chi connectivity index (χ0v) is 18.6. The van der Waals surface area contributed by atoms with E-state index in [1.165, 1.54) is 0 Å². The second kappa shape index (κ2) is 11.1. The van der Waals surface area contributed by atoms with E-state index in [1.807, 2.05) is 36.4 Å². The summed E-state index contributed by atoms with van der Waals surface area (Å²) in [4.78, 5) is 24.8. The first-order valence-corrected chi connectivity index (χ1v) is 10.4. The molecule has 1 heterocycles. The lowest BCUT2D eigenvalue weighted by atomic mass is 9.95. The lowest BCUT2D eigenvalue weighted by Gasteiger charge is -2.30. The highest BCUT2D eigenvalue weighted by atomic mass is 32.1. The molecule has 0 saturated heterocycles. The summed E-state index contributed by atoms with van der Waals surface area (Å²) >= 11 is 5.27. The summed E-state index contributed by atoms with van der Waals surface area (Å²) in [6.07, 6.45) is 1.55. The number of hydrogen-bond acceptors (Lipinski definition) is 6. The molecule has 0 saturated carbocycles. The average molecular weight is 453 g/mol. The number of nitrogens with zero attached hydrogens (tertiary/aromatic N) is 1. The molecule has 1 aliphatic rings. The molecule has 0 unspecified atom stereocenters. The SMILES string of the molecule is CCOC(=O)C1=C(C)NC(=S)N[C@H]1c1ccccc1OCC(=O)NN=Cc1ccccc1. The lowest BCUT2D eigenvalue weighted by Crippen LogP contribution is -2.45. The molecule has 32 heavy (non-hydrogen) atoms. The number of benzene rings is 2. The maximum Gasteiger partial charge on any atom is 0.338 e. The first kappa shape index (κ1) is 23.0. The fraction of sp³-hybridized carbons (Fsp3) is 0.217. The fourth-order valence-corrected chi connectivity index (χ4v) is 3.42. The molecule has 9 heteroatoms. The maximum atomic E-state index is 12.6. The van der Waals surface area contributed by atoms with E-state index < -0.39 is 17.9 Å². The minimum atomic E-state index is -0.585. The number of carbonyl (C=O) groups excluding carboxylic acids is 2. The van der Waals surface area contributed by atoms with Crippen LogP contribution in [-0.4, -0.2) is 36.4 Å². The summed E-state index contributed by atoms with van der Waals surface area (Å²) in [5, 5.41) is 10.4. The van der Waals surface area contributed by atoms with E-state index >= 15 is 0 Å². The van der Waals surface area contributed by atoms with Gasteiger partial charge in [-0.3, -0.25) is 4.79 Å². The van der Waals surface area contributed by atoms with Crippen molar-refractivity contribution in [1.29, 1.82) is 0 Å². The van der Waals surface area contributed by atoms with E-state index in [9.17, 15) is 9.59 Å². The molecule has 0 aliphatic carbocycles. The smallest absolute Gasteiger partial charge is 0.338 e. The summed E-state index contributed by atoms with van der Waals surface area (Å²) in [7, 11) is 0. The van der Waals surface area contributed by atoms with E-state index in [0.717, 1.165) is 5.56 Å². The van der Waals surface area contributed by atoms with Gasteiger partial charge in [0, 0.05) is 11.3 Å². The number of thiocarbonyl (C=S) groups is 1. The highest BCUT2D eigenvalue weighted by Crippen LogP contribution is 2.33. The first-order valence-electron chi connectivity index (χ1n) is 10.0. The number of allylic oxidation sites excluding steroid dienone is 1. The summed E-state index contributed by atoms with van der Waals surface area (Å²) < 4.78 is 11.0. The molecule has 2 aromatic carbocycles. The van der Waals surface area contributed by atoms with Gasteiger partial charge in [0.25, 0.3) is 5.91 Å². The summed E-state index contributed by atoms with van der Waals surface area (Å²) in [5.41, 5.74) is 4.94. The number of ether oxygens (including phenoxy) is 2. The normalized spacial score (nSPS) is 15.7. The van der Waals surface area contributed by atoms with Gasteiger partial charge in [0.05, 0.1) is 24.4 Å². The molecule has 1 atom stereocenters. The van der Waals surface area contributed by atoms with Gasteiger partial charge < -0.3 is 20.1 Å². The van der Waals surface area contributed by atoms with Crippen LogP contribution in [0.2, 0.25) is 0 Å². The third-order valence-corrected chi connectivity index (χ3v) is 4.78. The topological polar surface area (TPSA) is 101 Å². The third kappa shape index (κ3) is 5.92. The number of hydrogen-bond donors (Lipinski definition) is 3. The Labute approximate surface area is 191 Å². The van der Waals surface area contributed by atoms with Crippen LogP contribution in [0.25, 0.3) is 0 Å².